The SMILES string of the molecule is CN(C(=O)N1CCOCC1)C1CCCN(c2ncccc2Br)C1. The third-order valence-electron chi connectivity index (χ3n) is 4.57. The molecule has 6 nitrogen and oxygen atoms in total. The van der Waals surface area contributed by atoms with Crippen LogP contribution in [0, 0.1) is 0 Å². The number of ether oxygens (including phenoxy) is 1. The Kier molecular flexibility index (Phi) is 5.38. The Morgan fingerprint density at radius 1 is 1.39 bits per heavy atom. The van der Waals surface area contributed by atoms with Crippen molar-refractivity contribution in [2.24, 2.45) is 0 Å². The minimum absolute atomic E-state index is 0.111. The zero-order valence-corrected chi connectivity index (χ0v) is 15.0. The highest BCUT2D eigenvalue weighted by Crippen LogP contribution is 2.27. The van der Waals surface area contributed by atoms with E-state index in [4.69, 9.17) is 4.74 Å². The second kappa shape index (κ2) is 7.49. The van der Waals surface area contributed by atoms with Crippen LogP contribution in [0.2, 0.25) is 0 Å². The molecule has 3 rings (SSSR count). The average Bonchev–Trinajstić information content (AvgIpc) is 2.62. The van der Waals surface area contributed by atoms with Crippen molar-refractivity contribution in [1.29, 1.82) is 0 Å². The van der Waals surface area contributed by atoms with Gasteiger partial charge in [0.15, 0.2) is 0 Å². The summed E-state index contributed by atoms with van der Waals surface area (Å²) in [5, 5.41) is 0. The number of aromatic nitrogens is 1. The van der Waals surface area contributed by atoms with Gasteiger partial charge in [0.25, 0.3) is 0 Å². The molecule has 1 aromatic rings. The minimum Gasteiger partial charge on any atom is -0.378 e. The molecule has 1 aromatic heterocycles. The lowest BCUT2D eigenvalue weighted by molar-refractivity contribution is 0.0414. The first-order valence-electron chi connectivity index (χ1n) is 8.12. The molecule has 0 bridgehead atoms. The number of hydrogen-bond donors (Lipinski definition) is 0. The molecule has 7 heteroatoms. The number of likely N-dealkylation sites (N-methyl/N-ethyl adjacent to an activating group) is 1. The Balaban J connectivity index is 1.65. The fourth-order valence-electron chi connectivity index (χ4n) is 3.21. The fourth-order valence-corrected chi connectivity index (χ4v) is 3.71. The predicted octanol–water partition coefficient (Wildman–Crippen LogP) is 2.20. The van der Waals surface area contributed by atoms with Crippen molar-refractivity contribution >= 4 is 27.8 Å². The van der Waals surface area contributed by atoms with E-state index in [0.29, 0.717) is 26.3 Å². The Bertz CT molecular complexity index is 551. The molecule has 2 amide bonds. The Morgan fingerprint density at radius 2 is 2.17 bits per heavy atom. The maximum absolute atomic E-state index is 12.7. The number of urea groups is 1. The first kappa shape index (κ1) is 16.5. The molecule has 0 N–H and O–H groups in total. The van der Waals surface area contributed by atoms with Crippen molar-refractivity contribution in [1.82, 2.24) is 14.8 Å². The maximum Gasteiger partial charge on any atom is 0.320 e. The molecule has 0 radical (unpaired) electrons. The summed E-state index contributed by atoms with van der Waals surface area (Å²) in [7, 11) is 1.92. The number of morpholine rings is 1. The van der Waals surface area contributed by atoms with E-state index in [9.17, 15) is 4.79 Å². The van der Waals surface area contributed by atoms with Crippen molar-refractivity contribution in [3.63, 3.8) is 0 Å². The number of carbonyl (C=O) groups excluding carboxylic acids is 1. The molecular weight excluding hydrogens is 360 g/mol. The van der Waals surface area contributed by atoms with Crippen LogP contribution in [-0.4, -0.2) is 73.3 Å². The number of nitrogens with zero attached hydrogens (tertiary/aromatic N) is 4. The van der Waals surface area contributed by atoms with Crippen molar-refractivity contribution in [2.45, 2.75) is 18.9 Å². The molecule has 2 fully saturated rings. The van der Waals surface area contributed by atoms with E-state index in [1.165, 1.54) is 0 Å². The van der Waals surface area contributed by atoms with Crippen LogP contribution >= 0.6 is 15.9 Å². The quantitative estimate of drug-likeness (QED) is 0.786. The second-order valence-corrected chi connectivity index (χ2v) is 6.90. The summed E-state index contributed by atoms with van der Waals surface area (Å²) in [5.41, 5.74) is 0. The van der Waals surface area contributed by atoms with Gasteiger partial charge in [0.1, 0.15) is 5.82 Å². The van der Waals surface area contributed by atoms with Crippen LogP contribution in [0.5, 0.6) is 0 Å². The van der Waals surface area contributed by atoms with Gasteiger partial charge < -0.3 is 19.4 Å². The summed E-state index contributed by atoms with van der Waals surface area (Å²) < 4.78 is 6.33. The van der Waals surface area contributed by atoms with E-state index in [2.05, 4.69) is 25.8 Å². The Labute approximate surface area is 145 Å². The third kappa shape index (κ3) is 3.77. The smallest absolute Gasteiger partial charge is 0.320 e. The average molecular weight is 383 g/mol. The van der Waals surface area contributed by atoms with Crippen LogP contribution in [0.4, 0.5) is 10.6 Å². The highest BCUT2D eigenvalue weighted by molar-refractivity contribution is 9.10. The maximum atomic E-state index is 12.7. The molecule has 2 aliphatic rings. The molecule has 126 valence electrons. The van der Waals surface area contributed by atoms with Gasteiger partial charge in [0.2, 0.25) is 0 Å². The summed E-state index contributed by atoms with van der Waals surface area (Å²) in [6.45, 7) is 4.44. The van der Waals surface area contributed by atoms with Crippen LogP contribution in [0.3, 0.4) is 0 Å². The molecule has 1 unspecified atom stereocenters. The van der Waals surface area contributed by atoms with Gasteiger partial charge in [-0.3, -0.25) is 0 Å². The molecule has 2 aliphatic heterocycles. The van der Waals surface area contributed by atoms with Gasteiger partial charge in [-0.2, -0.15) is 0 Å². The van der Waals surface area contributed by atoms with Crippen molar-refractivity contribution < 1.29 is 9.53 Å². The number of anilines is 1. The van der Waals surface area contributed by atoms with Crippen LogP contribution in [0.15, 0.2) is 22.8 Å². The van der Waals surface area contributed by atoms with Gasteiger partial charge in [-0.05, 0) is 40.9 Å². The summed E-state index contributed by atoms with van der Waals surface area (Å²) in [5.74, 6) is 0.962. The first-order valence-corrected chi connectivity index (χ1v) is 8.91. The number of halogens is 1. The van der Waals surface area contributed by atoms with E-state index >= 15 is 0 Å². The van der Waals surface area contributed by atoms with Crippen LogP contribution < -0.4 is 4.90 Å². The molecule has 0 spiro atoms. The molecule has 1 atom stereocenters. The molecule has 23 heavy (non-hydrogen) atoms. The Hall–Kier alpha value is -1.34. The summed E-state index contributed by atoms with van der Waals surface area (Å²) in [6.07, 6.45) is 3.91. The van der Waals surface area contributed by atoms with Gasteiger partial charge in [-0.1, -0.05) is 0 Å². The number of amides is 2. The summed E-state index contributed by atoms with van der Waals surface area (Å²) in [6, 6.07) is 4.26. The lowest BCUT2D eigenvalue weighted by atomic mass is 10.0. The van der Waals surface area contributed by atoms with Gasteiger partial charge in [-0.25, -0.2) is 9.78 Å². The van der Waals surface area contributed by atoms with E-state index in [-0.39, 0.29) is 12.1 Å². The number of pyridine rings is 1. The van der Waals surface area contributed by atoms with Crippen LogP contribution in [0.1, 0.15) is 12.8 Å². The van der Waals surface area contributed by atoms with Gasteiger partial charge in [0, 0.05) is 39.4 Å². The minimum atomic E-state index is 0.111. The summed E-state index contributed by atoms with van der Waals surface area (Å²) in [4.78, 5) is 23.2. The molecule has 0 aliphatic carbocycles. The normalized spacial score (nSPS) is 22.1. The molecule has 0 aromatic carbocycles. The topological polar surface area (TPSA) is 48.9 Å². The van der Waals surface area contributed by atoms with Gasteiger partial charge >= 0.3 is 6.03 Å². The van der Waals surface area contributed by atoms with E-state index < -0.39 is 0 Å². The fraction of sp³-hybridized carbons (Fsp3) is 0.625. The van der Waals surface area contributed by atoms with Crippen LogP contribution in [0.25, 0.3) is 0 Å². The van der Waals surface area contributed by atoms with E-state index in [0.717, 1.165) is 36.2 Å². The van der Waals surface area contributed by atoms with E-state index in [1.54, 1.807) is 0 Å². The monoisotopic (exact) mass is 382 g/mol. The zero-order chi connectivity index (χ0) is 16.2. The molecular formula is C16H23BrN4O2. The highest BCUT2D eigenvalue weighted by Gasteiger charge is 2.30. The lowest BCUT2D eigenvalue weighted by Crippen LogP contribution is -2.54. The zero-order valence-electron chi connectivity index (χ0n) is 13.4. The standard InChI is InChI=1S/C16H23BrN4O2/c1-19(16(22)20-8-10-23-11-9-20)13-4-3-7-21(12-13)15-14(17)5-2-6-18-15/h2,5-6,13H,3-4,7-12H2,1H3. The predicted molar refractivity (Wildman–Crippen MR) is 92.7 cm³/mol. The van der Waals surface area contributed by atoms with Gasteiger partial charge in [0.05, 0.1) is 23.7 Å². The summed E-state index contributed by atoms with van der Waals surface area (Å²) >= 11 is 3.57. The number of hydrogen-bond acceptors (Lipinski definition) is 4. The third-order valence-corrected chi connectivity index (χ3v) is 5.19. The van der Waals surface area contributed by atoms with E-state index in [1.807, 2.05) is 35.2 Å². The van der Waals surface area contributed by atoms with Crippen molar-refractivity contribution in [2.75, 3.05) is 51.3 Å². The molecule has 3 heterocycles. The highest BCUT2D eigenvalue weighted by atomic mass is 79.9. The van der Waals surface area contributed by atoms with Crippen molar-refractivity contribution in [3.05, 3.63) is 22.8 Å². The molecule has 0 saturated carbocycles. The second-order valence-electron chi connectivity index (χ2n) is 6.04. The first-order chi connectivity index (χ1) is 11.2. The Morgan fingerprint density at radius 3 is 2.91 bits per heavy atom. The largest absolute Gasteiger partial charge is 0.378 e. The lowest BCUT2D eigenvalue weighted by Gasteiger charge is -2.40. The number of piperidine rings is 1. The van der Waals surface area contributed by atoms with Crippen molar-refractivity contribution in [3.8, 4) is 0 Å². The van der Waals surface area contributed by atoms with Crippen LogP contribution in [-0.2, 0) is 4.74 Å². The van der Waals surface area contributed by atoms with Gasteiger partial charge in [-0.15, -0.1) is 0 Å². The molecule has 2 saturated heterocycles. The number of rotatable bonds is 2. The number of carbonyl (C=O) groups is 1.